The number of carbonyl (C=O) groups is 2. The van der Waals surface area contributed by atoms with Crippen molar-refractivity contribution in [1.82, 2.24) is 9.80 Å². The van der Waals surface area contributed by atoms with Gasteiger partial charge in [0.2, 0.25) is 6.41 Å². The number of benzene rings is 1. The molecule has 5 nitrogen and oxygen atoms in total. The Bertz CT molecular complexity index is 459. The van der Waals surface area contributed by atoms with Crippen LogP contribution < -0.4 is 5.32 Å². The van der Waals surface area contributed by atoms with Gasteiger partial charge in [0.15, 0.2) is 0 Å². The first-order chi connectivity index (χ1) is 9.11. The summed E-state index contributed by atoms with van der Waals surface area (Å²) in [6.07, 6.45) is 0.834. The van der Waals surface area contributed by atoms with Gasteiger partial charge in [0.1, 0.15) is 0 Å². The molecule has 19 heavy (non-hydrogen) atoms. The lowest BCUT2D eigenvalue weighted by atomic mass is 10.1. The highest BCUT2D eigenvalue weighted by Gasteiger charge is 2.20. The van der Waals surface area contributed by atoms with Crippen LogP contribution in [0.15, 0.2) is 18.2 Å². The van der Waals surface area contributed by atoms with Gasteiger partial charge in [-0.2, -0.15) is 0 Å². The smallest absolute Gasteiger partial charge is 0.321 e. The molecule has 1 saturated heterocycles. The van der Waals surface area contributed by atoms with Crippen molar-refractivity contribution in [2.75, 3.05) is 31.5 Å². The molecule has 1 aliphatic rings. The van der Waals surface area contributed by atoms with E-state index >= 15 is 0 Å². The maximum absolute atomic E-state index is 12.2. The molecule has 0 aliphatic carbocycles. The molecule has 3 amide bonds. The van der Waals surface area contributed by atoms with Crippen molar-refractivity contribution < 1.29 is 9.59 Å². The zero-order chi connectivity index (χ0) is 13.8. The van der Waals surface area contributed by atoms with Crippen LogP contribution in [0.2, 0.25) is 0 Å². The van der Waals surface area contributed by atoms with Crippen LogP contribution in [0.1, 0.15) is 11.1 Å². The van der Waals surface area contributed by atoms with Gasteiger partial charge in [-0.15, -0.1) is 0 Å². The zero-order valence-electron chi connectivity index (χ0n) is 11.3. The second-order valence-corrected chi connectivity index (χ2v) is 4.83. The van der Waals surface area contributed by atoms with Gasteiger partial charge >= 0.3 is 6.03 Å². The molecule has 1 aromatic carbocycles. The van der Waals surface area contributed by atoms with E-state index in [2.05, 4.69) is 5.32 Å². The minimum absolute atomic E-state index is 0.0945. The largest absolute Gasteiger partial charge is 0.342 e. The Morgan fingerprint density at radius 1 is 1.16 bits per heavy atom. The standard InChI is InChI=1S/C14H19N3O2/c1-11-4-3-5-12(2)13(11)15-14(19)17-8-6-16(10-18)7-9-17/h3-5,10H,6-9H2,1-2H3,(H,15,19). The molecule has 102 valence electrons. The monoisotopic (exact) mass is 261 g/mol. The second-order valence-electron chi connectivity index (χ2n) is 4.83. The molecule has 1 aliphatic heterocycles. The fourth-order valence-corrected chi connectivity index (χ4v) is 2.23. The van der Waals surface area contributed by atoms with E-state index in [1.807, 2.05) is 32.0 Å². The summed E-state index contributed by atoms with van der Waals surface area (Å²) in [6, 6.07) is 5.84. The van der Waals surface area contributed by atoms with Crippen molar-refractivity contribution in [3.05, 3.63) is 29.3 Å². The number of nitrogens with zero attached hydrogens (tertiary/aromatic N) is 2. The van der Waals surface area contributed by atoms with E-state index in [1.165, 1.54) is 0 Å². The number of urea groups is 1. The van der Waals surface area contributed by atoms with Crippen molar-refractivity contribution in [1.29, 1.82) is 0 Å². The molecule has 0 saturated carbocycles. The Morgan fingerprint density at radius 3 is 2.26 bits per heavy atom. The summed E-state index contributed by atoms with van der Waals surface area (Å²) < 4.78 is 0. The van der Waals surface area contributed by atoms with E-state index in [0.29, 0.717) is 26.2 Å². The number of nitrogens with one attached hydrogen (secondary N) is 1. The molecule has 0 atom stereocenters. The summed E-state index contributed by atoms with van der Waals surface area (Å²) in [4.78, 5) is 26.2. The number of anilines is 1. The van der Waals surface area contributed by atoms with Gasteiger partial charge < -0.3 is 15.1 Å². The van der Waals surface area contributed by atoms with Gasteiger partial charge in [0, 0.05) is 31.9 Å². The number of carbonyl (C=O) groups excluding carboxylic acids is 2. The molecule has 5 heteroatoms. The molecule has 0 bridgehead atoms. The van der Waals surface area contributed by atoms with Gasteiger partial charge in [-0.25, -0.2) is 4.79 Å². The Hall–Kier alpha value is -2.04. The average Bonchev–Trinajstić information content (AvgIpc) is 2.43. The maximum Gasteiger partial charge on any atom is 0.321 e. The Morgan fingerprint density at radius 2 is 1.74 bits per heavy atom. The first-order valence-corrected chi connectivity index (χ1v) is 6.43. The lowest BCUT2D eigenvalue weighted by molar-refractivity contribution is -0.119. The molecule has 0 aromatic heterocycles. The van der Waals surface area contributed by atoms with Crippen molar-refractivity contribution in [2.45, 2.75) is 13.8 Å². The second kappa shape index (κ2) is 5.73. The van der Waals surface area contributed by atoms with E-state index in [1.54, 1.807) is 9.80 Å². The average molecular weight is 261 g/mol. The maximum atomic E-state index is 12.2. The highest BCUT2D eigenvalue weighted by Crippen LogP contribution is 2.20. The van der Waals surface area contributed by atoms with Gasteiger partial charge in [-0.3, -0.25) is 4.79 Å². The van der Waals surface area contributed by atoms with Crippen LogP contribution >= 0.6 is 0 Å². The molecule has 0 radical (unpaired) electrons. The molecular formula is C14H19N3O2. The van der Waals surface area contributed by atoms with Crippen molar-refractivity contribution in [3.63, 3.8) is 0 Å². The van der Waals surface area contributed by atoms with Crippen LogP contribution in [-0.2, 0) is 4.79 Å². The molecular weight excluding hydrogens is 242 g/mol. The molecule has 1 aromatic rings. The predicted octanol–water partition coefficient (Wildman–Crippen LogP) is 1.61. The van der Waals surface area contributed by atoms with E-state index in [0.717, 1.165) is 23.2 Å². The quantitative estimate of drug-likeness (QED) is 0.822. The third kappa shape index (κ3) is 3.05. The number of aryl methyl sites for hydroxylation is 2. The third-order valence-corrected chi connectivity index (χ3v) is 3.46. The Balaban J connectivity index is 2.00. The van der Waals surface area contributed by atoms with Crippen LogP contribution in [0.5, 0.6) is 0 Å². The van der Waals surface area contributed by atoms with Crippen molar-refractivity contribution in [3.8, 4) is 0 Å². The van der Waals surface area contributed by atoms with Gasteiger partial charge in [-0.05, 0) is 25.0 Å². The fourth-order valence-electron chi connectivity index (χ4n) is 2.23. The third-order valence-electron chi connectivity index (χ3n) is 3.46. The lowest BCUT2D eigenvalue weighted by Crippen LogP contribution is -2.49. The number of piperazine rings is 1. The Labute approximate surface area is 113 Å². The summed E-state index contributed by atoms with van der Waals surface area (Å²) in [6.45, 7) is 6.32. The molecule has 1 fully saturated rings. The van der Waals surface area contributed by atoms with E-state index in [9.17, 15) is 9.59 Å². The lowest BCUT2D eigenvalue weighted by Gasteiger charge is -2.32. The van der Waals surface area contributed by atoms with E-state index < -0.39 is 0 Å². The molecule has 2 rings (SSSR count). The zero-order valence-corrected chi connectivity index (χ0v) is 11.3. The van der Waals surface area contributed by atoms with Crippen LogP contribution in [0.25, 0.3) is 0 Å². The minimum atomic E-state index is -0.0945. The van der Waals surface area contributed by atoms with Gasteiger partial charge in [0.25, 0.3) is 0 Å². The molecule has 0 unspecified atom stereocenters. The summed E-state index contributed by atoms with van der Waals surface area (Å²) in [5.74, 6) is 0. The SMILES string of the molecule is Cc1cccc(C)c1NC(=O)N1CCN(C=O)CC1. The first kappa shape index (κ1) is 13.4. The molecule has 1 heterocycles. The molecule has 1 N–H and O–H groups in total. The minimum Gasteiger partial charge on any atom is -0.342 e. The summed E-state index contributed by atoms with van der Waals surface area (Å²) in [7, 11) is 0. The normalized spacial score (nSPS) is 15.3. The van der Waals surface area contributed by atoms with Crippen molar-refractivity contribution >= 4 is 18.1 Å². The summed E-state index contributed by atoms with van der Waals surface area (Å²) in [5, 5.41) is 2.96. The number of hydrogen-bond donors (Lipinski definition) is 1. The van der Waals surface area contributed by atoms with Crippen molar-refractivity contribution in [2.24, 2.45) is 0 Å². The topological polar surface area (TPSA) is 52.7 Å². The van der Waals surface area contributed by atoms with Crippen LogP contribution in [0.4, 0.5) is 10.5 Å². The van der Waals surface area contributed by atoms with E-state index in [4.69, 9.17) is 0 Å². The van der Waals surface area contributed by atoms with Crippen LogP contribution in [-0.4, -0.2) is 48.4 Å². The van der Waals surface area contributed by atoms with Gasteiger partial charge in [0.05, 0.1) is 0 Å². The summed E-state index contributed by atoms with van der Waals surface area (Å²) in [5.41, 5.74) is 2.99. The number of para-hydroxylation sites is 1. The molecule has 0 spiro atoms. The predicted molar refractivity (Wildman–Crippen MR) is 74.1 cm³/mol. The van der Waals surface area contributed by atoms with E-state index in [-0.39, 0.29) is 6.03 Å². The van der Waals surface area contributed by atoms with Crippen LogP contribution in [0, 0.1) is 13.8 Å². The van der Waals surface area contributed by atoms with Crippen LogP contribution in [0.3, 0.4) is 0 Å². The number of rotatable bonds is 2. The number of hydrogen-bond acceptors (Lipinski definition) is 2. The number of amides is 3. The fraction of sp³-hybridized carbons (Fsp3) is 0.429. The van der Waals surface area contributed by atoms with Gasteiger partial charge in [-0.1, -0.05) is 18.2 Å². The summed E-state index contributed by atoms with van der Waals surface area (Å²) >= 11 is 0. The first-order valence-electron chi connectivity index (χ1n) is 6.43. The highest BCUT2D eigenvalue weighted by atomic mass is 16.2. The Kier molecular flexibility index (Phi) is 4.04. The highest BCUT2D eigenvalue weighted by molar-refractivity contribution is 5.91.